The number of likely N-dealkylation sites (tertiary alicyclic amines) is 1. The molecule has 1 saturated heterocycles. The molecule has 0 spiro atoms. The first-order chi connectivity index (χ1) is 11.8. The van der Waals surface area contributed by atoms with E-state index < -0.39 is 12.0 Å². The Labute approximate surface area is 141 Å². The third-order valence-electron chi connectivity index (χ3n) is 4.86. The molecule has 4 heteroatoms. The quantitative estimate of drug-likeness (QED) is 0.797. The van der Waals surface area contributed by atoms with E-state index in [1.807, 2.05) is 47.4 Å². The standard InChI is InChI=1S/C20H19NO3/c22-19(21-12-6-7-13-21)17-15-10-4-5-11-16(15)20(23)24-18(17)14-8-2-1-3-9-14/h1-5,8-11,17-18H,6-7,12-13H2/t17-,18-/m1/s1. The summed E-state index contributed by atoms with van der Waals surface area (Å²) in [4.78, 5) is 27.5. The molecular formula is C20H19NO3. The number of amides is 1. The Morgan fingerprint density at radius 1 is 0.958 bits per heavy atom. The van der Waals surface area contributed by atoms with Crippen molar-refractivity contribution in [3.05, 3.63) is 71.3 Å². The van der Waals surface area contributed by atoms with E-state index in [1.54, 1.807) is 12.1 Å². The molecule has 2 atom stereocenters. The summed E-state index contributed by atoms with van der Waals surface area (Å²) >= 11 is 0. The molecule has 1 amide bonds. The summed E-state index contributed by atoms with van der Waals surface area (Å²) in [5.74, 6) is -0.773. The molecule has 2 heterocycles. The molecule has 0 bridgehead atoms. The molecule has 4 nitrogen and oxygen atoms in total. The van der Waals surface area contributed by atoms with Crippen LogP contribution >= 0.6 is 0 Å². The predicted octanol–water partition coefficient (Wildman–Crippen LogP) is 3.30. The lowest BCUT2D eigenvalue weighted by Crippen LogP contribution is -2.39. The van der Waals surface area contributed by atoms with Crippen molar-refractivity contribution < 1.29 is 14.3 Å². The zero-order valence-electron chi connectivity index (χ0n) is 13.4. The van der Waals surface area contributed by atoms with Gasteiger partial charge in [-0.05, 0) is 30.0 Å². The summed E-state index contributed by atoms with van der Waals surface area (Å²) in [6.45, 7) is 1.57. The zero-order valence-corrected chi connectivity index (χ0v) is 13.4. The molecule has 2 aromatic rings. The molecule has 24 heavy (non-hydrogen) atoms. The fraction of sp³-hybridized carbons (Fsp3) is 0.300. The molecule has 2 aliphatic rings. The number of hydrogen-bond acceptors (Lipinski definition) is 3. The number of benzene rings is 2. The molecule has 0 aliphatic carbocycles. The summed E-state index contributed by atoms with van der Waals surface area (Å²) < 4.78 is 5.71. The highest BCUT2D eigenvalue weighted by atomic mass is 16.5. The first-order valence-corrected chi connectivity index (χ1v) is 8.39. The lowest BCUT2D eigenvalue weighted by molar-refractivity contribution is -0.135. The lowest BCUT2D eigenvalue weighted by atomic mass is 9.83. The van der Waals surface area contributed by atoms with Crippen molar-refractivity contribution in [2.45, 2.75) is 24.9 Å². The third kappa shape index (κ3) is 2.48. The van der Waals surface area contributed by atoms with Crippen LogP contribution in [-0.4, -0.2) is 29.9 Å². The van der Waals surface area contributed by atoms with Crippen molar-refractivity contribution in [2.75, 3.05) is 13.1 Å². The molecule has 0 aromatic heterocycles. The van der Waals surface area contributed by atoms with Crippen LogP contribution in [0.4, 0.5) is 0 Å². The Bertz CT molecular complexity index is 765. The zero-order chi connectivity index (χ0) is 16.5. The maximum Gasteiger partial charge on any atom is 0.339 e. The van der Waals surface area contributed by atoms with Crippen LogP contribution in [0.25, 0.3) is 0 Å². The van der Waals surface area contributed by atoms with E-state index in [4.69, 9.17) is 4.74 Å². The van der Waals surface area contributed by atoms with Crippen LogP contribution in [0.1, 0.15) is 46.3 Å². The van der Waals surface area contributed by atoms with Gasteiger partial charge in [0.05, 0.1) is 5.56 Å². The van der Waals surface area contributed by atoms with E-state index >= 15 is 0 Å². The third-order valence-corrected chi connectivity index (χ3v) is 4.86. The number of nitrogens with zero attached hydrogens (tertiary/aromatic N) is 1. The number of fused-ring (bicyclic) bond motifs is 1. The summed E-state index contributed by atoms with van der Waals surface area (Å²) in [5, 5.41) is 0. The highest BCUT2D eigenvalue weighted by Gasteiger charge is 2.42. The van der Waals surface area contributed by atoms with Gasteiger partial charge in [-0.3, -0.25) is 4.79 Å². The molecule has 4 rings (SSSR count). The minimum Gasteiger partial charge on any atom is -0.453 e. The molecule has 0 radical (unpaired) electrons. The van der Waals surface area contributed by atoms with Gasteiger partial charge in [-0.2, -0.15) is 0 Å². The van der Waals surface area contributed by atoms with Gasteiger partial charge in [0.1, 0.15) is 12.0 Å². The number of rotatable bonds is 2. The average Bonchev–Trinajstić information content (AvgIpc) is 3.17. The van der Waals surface area contributed by atoms with Crippen molar-refractivity contribution in [1.29, 1.82) is 0 Å². The van der Waals surface area contributed by atoms with Crippen LogP contribution in [0.3, 0.4) is 0 Å². The van der Waals surface area contributed by atoms with Crippen LogP contribution in [0.5, 0.6) is 0 Å². The topological polar surface area (TPSA) is 46.6 Å². The van der Waals surface area contributed by atoms with Gasteiger partial charge in [-0.1, -0.05) is 48.5 Å². The van der Waals surface area contributed by atoms with E-state index in [1.165, 1.54) is 0 Å². The number of carbonyl (C=O) groups is 2. The highest BCUT2D eigenvalue weighted by Crippen LogP contribution is 2.42. The number of hydrogen-bond donors (Lipinski definition) is 0. The molecule has 2 aromatic carbocycles. The second-order valence-corrected chi connectivity index (χ2v) is 6.33. The molecule has 0 saturated carbocycles. The molecule has 2 aliphatic heterocycles. The second-order valence-electron chi connectivity index (χ2n) is 6.33. The van der Waals surface area contributed by atoms with Crippen molar-refractivity contribution in [3.63, 3.8) is 0 Å². The summed E-state index contributed by atoms with van der Waals surface area (Å²) in [6, 6.07) is 16.9. The number of carbonyl (C=O) groups excluding carboxylic acids is 2. The van der Waals surface area contributed by atoms with Crippen molar-refractivity contribution in [1.82, 2.24) is 4.90 Å². The average molecular weight is 321 g/mol. The SMILES string of the molecule is O=C1O[C@H](c2ccccc2)[C@H](C(=O)N2CCCC2)c2ccccc21. The summed E-state index contributed by atoms with van der Waals surface area (Å²) in [7, 11) is 0. The fourth-order valence-electron chi connectivity index (χ4n) is 3.66. The van der Waals surface area contributed by atoms with E-state index in [0.717, 1.165) is 37.1 Å². The Kier molecular flexibility index (Phi) is 3.81. The lowest BCUT2D eigenvalue weighted by Gasteiger charge is -2.34. The van der Waals surface area contributed by atoms with Gasteiger partial charge in [-0.25, -0.2) is 4.79 Å². The molecule has 1 fully saturated rings. The number of cyclic esters (lactones) is 1. The number of esters is 1. The summed E-state index contributed by atoms with van der Waals surface area (Å²) in [5.41, 5.74) is 2.14. The van der Waals surface area contributed by atoms with Crippen LogP contribution in [-0.2, 0) is 9.53 Å². The monoisotopic (exact) mass is 321 g/mol. The Hall–Kier alpha value is -2.62. The molecular weight excluding hydrogens is 302 g/mol. The van der Waals surface area contributed by atoms with Crippen molar-refractivity contribution >= 4 is 11.9 Å². The van der Waals surface area contributed by atoms with Gasteiger partial charge in [-0.15, -0.1) is 0 Å². The Morgan fingerprint density at radius 2 is 1.62 bits per heavy atom. The Morgan fingerprint density at radius 3 is 2.38 bits per heavy atom. The molecule has 0 unspecified atom stereocenters. The van der Waals surface area contributed by atoms with E-state index in [2.05, 4.69) is 0 Å². The Balaban J connectivity index is 1.80. The molecule has 122 valence electrons. The maximum atomic E-state index is 13.2. The minimum atomic E-state index is -0.568. The second kappa shape index (κ2) is 6.11. The van der Waals surface area contributed by atoms with Gasteiger partial charge in [0.2, 0.25) is 5.91 Å². The molecule has 0 N–H and O–H groups in total. The number of ether oxygens (including phenoxy) is 1. The van der Waals surface area contributed by atoms with Gasteiger partial charge in [0, 0.05) is 13.1 Å². The van der Waals surface area contributed by atoms with Crippen LogP contribution in [0.2, 0.25) is 0 Å². The summed E-state index contributed by atoms with van der Waals surface area (Å²) in [6.07, 6.45) is 1.51. The van der Waals surface area contributed by atoms with Gasteiger partial charge in [0.25, 0.3) is 0 Å². The minimum absolute atomic E-state index is 0.0568. The normalized spacial score (nSPS) is 22.8. The van der Waals surface area contributed by atoms with Crippen molar-refractivity contribution in [2.24, 2.45) is 0 Å². The van der Waals surface area contributed by atoms with Crippen molar-refractivity contribution in [3.8, 4) is 0 Å². The van der Waals surface area contributed by atoms with Gasteiger partial charge < -0.3 is 9.64 Å². The van der Waals surface area contributed by atoms with Gasteiger partial charge in [0.15, 0.2) is 0 Å². The first kappa shape index (κ1) is 14.9. The maximum absolute atomic E-state index is 13.2. The predicted molar refractivity (Wildman–Crippen MR) is 89.6 cm³/mol. The largest absolute Gasteiger partial charge is 0.453 e. The van der Waals surface area contributed by atoms with E-state index in [-0.39, 0.29) is 11.9 Å². The first-order valence-electron chi connectivity index (χ1n) is 8.39. The fourth-order valence-corrected chi connectivity index (χ4v) is 3.66. The van der Waals surface area contributed by atoms with Crippen LogP contribution < -0.4 is 0 Å². The highest BCUT2D eigenvalue weighted by molar-refractivity contribution is 5.97. The van der Waals surface area contributed by atoms with E-state index in [9.17, 15) is 9.59 Å². The van der Waals surface area contributed by atoms with Crippen LogP contribution in [0.15, 0.2) is 54.6 Å². The van der Waals surface area contributed by atoms with E-state index in [0.29, 0.717) is 5.56 Å². The smallest absolute Gasteiger partial charge is 0.339 e. The van der Waals surface area contributed by atoms with Crippen LogP contribution in [0, 0.1) is 0 Å². The van der Waals surface area contributed by atoms with Gasteiger partial charge >= 0.3 is 5.97 Å².